The Bertz CT molecular complexity index is 710. The molecule has 24 heavy (non-hydrogen) atoms. The fraction of sp³-hybridized carbons (Fsp3) is 0.579. The average Bonchev–Trinajstić information content (AvgIpc) is 3.19. The van der Waals surface area contributed by atoms with Crippen molar-refractivity contribution in [3.05, 3.63) is 37.5 Å². The van der Waals surface area contributed by atoms with Crippen LogP contribution in [0.3, 0.4) is 0 Å². The number of nitrogens with zero attached hydrogens (tertiary/aromatic N) is 2. The molecule has 1 saturated heterocycles. The quantitative estimate of drug-likeness (QED) is 0.753. The van der Waals surface area contributed by atoms with Gasteiger partial charge in [-0.05, 0) is 69.0 Å². The number of ketones is 1. The van der Waals surface area contributed by atoms with Gasteiger partial charge in [0.2, 0.25) is 0 Å². The molecule has 3 nitrogen and oxygen atoms in total. The lowest BCUT2D eigenvalue weighted by Crippen LogP contribution is -2.38. The van der Waals surface area contributed by atoms with E-state index in [1.54, 1.807) is 11.3 Å². The molecule has 2 aromatic rings. The highest BCUT2D eigenvalue weighted by Crippen LogP contribution is 2.30. The van der Waals surface area contributed by atoms with Crippen LogP contribution < -0.4 is 0 Å². The molecule has 0 saturated carbocycles. The number of aromatic nitrogens is 1. The maximum Gasteiger partial charge on any atom is 0.177 e. The van der Waals surface area contributed by atoms with Crippen molar-refractivity contribution in [3.8, 4) is 0 Å². The first-order valence-electron chi connectivity index (χ1n) is 8.99. The van der Waals surface area contributed by atoms with Gasteiger partial charge in [-0.15, -0.1) is 22.7 Å². The highest BCUT2D eigenvalue weighted by Gasteiger charge is 2.28. The van der Waals surface area contributed by atoms with Crippen LogP contribution in [0.2, 0.25) is 0 Å². The van der Waals surface area contributed by atoms with Crippen LogP contribution in [-0.4, -0.2) is 28.8 Å². The molecule has 1 aliphatic heterocycles. The summed E-state index contributed by atoms with van der Waals surface area (Å²) in [5.41, 5.74) is 2.48. The van der Waals surface area contributed by atoms with E-state index in [-0.39, 0.29) is 5.92 Å². The molecule has 0 bridgehead atoms. The van der Waals surface area contributed by atoms with E-state index in [1.807, 2.05) is 23.6 Å². The first-order chi connectivity index (χ1) is 11.7. The van der Waals surface area contributed by atoms with Gasteiger partial charge in [0.1, 0.15) is 5.01 Å². The average molecular weight is 361 g/mol. The van der Waals surface area contributed by atoms with E-state index in [2.05, 4.69) is 11.0 Å². The van der Waals surface area contributed by atoms with E-state index >= 15 is 0 Å². The van der Waals surface area contributed by atoms with E-state index in [9.17, 15) is 4.79 Å². The second-order valence-corrected chi connectivity index (χ2v) is 9.14. The van der Waals surface area contributed by atoms with Gasteiger partial charge in [-0.3, -0.25) is 9.69 Å². The second-order valence-electron chi connectivity index (χ2n) is 7.06. The van der Waals surface area contributed by atoms with Crippen molar-refractivity contribution in [1.82, 2.24) is 9.88 Å². The lowest BCUT2D eigenvalue weighted by Gasteiger charge is -2.31. The standard InChI is InChI=1S/C19H24N2OS2/c1-13-8-10-23-19(13)18(22)14-5-4-9-21(11-14)12-17-20-15-6-2-3-7-16(15)24-17/h8,10,14H,2-7,9,11-12H2,1H3. The Labute approximate surface area is 151 Å². The predicted molar refractivity (Wildman–Crippen MR) is 100 cm³/mol. The summed E-state index contributed by atoms with van der Waals surface area (Å²) in [4.78, 5) is 22.6. The zero-order valence-electron chi connectivity index (χ0n) is 14.2. The Morgan fingerprint density at radius 1 is 1.33 bits per heavy atom. The molecule has 0 aromatic carbocycles. The van der Waals surface area contributed by atoms with Crippen LogP contribution >= 0.6 is 22.7 Å². The normalized spacial score (nSPS) is 21.6. The molecular weight excluding hydrogens is 336 g/mol. The summed E-state index contributed by atoms with van der Waals surface area (Å²) in [6.45, 7) is 4.95. The number of thiazole rings is 1. The van der Waals surface area contributed by atoms with Crippen molar-refractivity contribution in [2.75, 3.05) is 13.1 Å². The number of thiophene rings is 1. The number of hydrogen-bond acceptors (Lipinski definition) is 5. The van der Waals surface area contributed by atoms with E-state index in [0.29, 0.717) is 5.78 Å². The van der Waals surface area contributed by atoms with Gasteiger partial charge in [0, 0.05) is 17.3 Å². The lowest BCUT2D eigenvalue weighted by atomic mass is 9.92. The molecular formula is C19H24N2OS2. The van der Waals surface area contributed by atoms with Crippen molar-refractivity contribution < 1.29 is 4.79 Å². The van der Waals surface area contributed by atoms with Crippen LogP contribution in [0, 0.1) is 12.8 Å². The Morgan fingerprint density at radius 2 is 2.21 bits per heavy atom. The molecule has 3 heterocycles. The Morgan fingerprint density at radius 3 is 3.00 bits per heavy atom. The molecule has 1 unspecified atom stereocenters. The third-order valence-corrected chi connectivity index (χ3v) is 7.38. The minimum absolute atomic E-state index is 0.158. The molecule has 0 N–H and O–H groups in total. The van der Waals surface area contributed by atoms with Gasteiger partial charge in [0.15, 0.2) is 5.78 Å². The summed E-state index contributed by atoms with van der Waals surface area (Å²) >= 11 is 3.50. The predicted octanol–water partition coefficient (Wildman–Crippen LogP) is 4.49. The van der Waals surface area contributed by atoms with E-state index in [0.717, 1.165) is 49.3 Å². The number of fused-ring (bicyclic) bond motifs is 1. The summed E-state index contributed by atoms with van der Waals surface area (Å²) in [5, 5.41) is 3.28. The number of Topliss-reactive ketones (excluding diaryl/α,β-unsaturated/α-hetero) is 1. The molecule has 1 aliphatic carbocycles. The lowest BCUT2D eigenvalue weighted by molar-refractivity contribution is 0.0815. The number of carbonyl (C=O) groups is 1. The number of hydrogen-bond donors (Lipinski definition) is 0. The molecule has 2 aliphatic rings. The zero-order valence-corrected chi connectivity index (χ0v) is 15.8. The van der Waals surface area contributed by atoms with Gasteiger partial charge in [0.25, 0.3) is 0 Å². The van der Waals surface area contributed by atoms with E-state index in [1.165, 1.54) is 34.8 Å². The van der Waals surface area contributed by atoms with Crippen molar-refractivity contribution in [2.24, 2.45) is 5.92 Å². The SMILES string of the molecule is Cc1ccsc1C(=O)C1CCCN(Cc2nc3c(s2)CCCC3)C1. The topological polar surface area (TPSA) is 33.2 Å². The third-order valence-electron chi connectivity index (χ3n) is 5.21. The largest absolute Gasteiger partial charge is 0.296 e. The van der Waals surface area contributed by atoms with Crippen LogP contribution in [0.4, 0.5) is 0 Å². The Kier molecular flexibility index (Phi) is 4.83. The fourth-order valence-corrected chi connectivity index (χ4v) is 6.03. The summed E-state index contributed by atoms with van der Waals surface area (Å²) < 4.78 is 0. The highest BCUT2D eigenvalue weighted by molar-refractivity contribution is 7.12. The smallest absolute Gasteiger partial charge is 0.177 e. The first-order valence-corrected chi connectivity index (χ1v) is 10.7. The molecule has 1 atom stereocenters. The number of carbonyl (C=O) groups excluding carboxylic acids is 1. The van der Waals surface area contributed by atoms with Crippen molar-refractivity contribution >= 4 is 28.5 Å². The summed E-state index contributed by atoms with van der Waals surface area (Å²) in [7, 11) is 0. The fourth-order valence-electron chi connectivity index (χ4n) is 3.89. The summed E-state index contributed by atoms with van der Waals surface area (Å²) in [6, 6.07) is 2.05. The van der Waals surface area contributed by atoms with Crippen molar-refractivity contribution in [3.63, 3.8) is 0 Å². The number of rotatable bonds is 4. The monoisotopic (exact) mass is 360 g/mol. The maximum absolute atomic E-state index is 12.8. The van der Waals surface area contributed by atoms with Crippen molar-refractivity contribution in [2.45, 2.75) is 52.0 Å². The van der Waals surface area contributed by atoms with Gasteiger partial charge < -0.3 is 0 Å². The van der Waals surface area contributed by atoms with E-state index in [4.69, 9.17) is 4.98 Å². The van der Waals surface area contributed by atoms with Crippen LogP contribution in [0.1, 0.15) is 56.5 Å². The van der Waals surface area contributed by atoms with Crippen LogP contribution in [0.25, 0.3) is 0 Å². The molecule has 2 aromatic heterocycles. The van der Waals surface area contributed by atoms with Crippen molar-refractivity contribution in [1.29, 1.82) is 0 Å². The van der Waals surface area contributed by atoms with Gasteiger partial charge in [-0.2, -0.15) is 0 Å². The van der Waals surface area contributed by atoms with Gasteiger partial charge in [-0.25, -0.2) is 4.98 Å². The van der Waals surface area contributed by atoms with Crippen LogP contribution in [-0.2, 0) is 19.4 Å². The van der Waals surface area contributed by atoms with Crippen LogP contribution in [0.15, 0.2) is 11.4 Å². The molecule has 4 rings (SSSR count). The maximum atomic E-state index is 12.8. The zero-order chi connectivity index (χ0) is 16.5. The van der Waals surface area contributed by atoms with Gasteiger partial charge in [-0.1, -0.05) is 0 Å². The summed E-state index contributed by atoms with van der Waals surface area (Å²) in [6.07, 6.45) is 7.12. The number of aryl methyl sites for hydroxylation is 3. The summed E-state index contributed by atoms with van der Waals surface area (Å²) in [5.74, 6) is 0.510. The van der Waals surface area contributed by atoms with Crippen LogP contribution in [0.5, 0.6) is 0 Å². The highest BCUT2D eigenvalue weighted by atomic mass is 32.1. The minimum atomic E-state index is 0.158. The number of likely N-dealkylation sites (tertiary alicyclic amines) is 1. The number of piperidine rings is 1. The van der Waals surface area contributed by atoms with E-state index < -0.39 is 0 Å². The van der Waals surface area contributed by atoms with Gasteiger partial charge >= 0.3 is 0 Å². The Hall–Kier alpha value is -1.04. The second kappa shape index (κ2) is 7.06. The molecule has 128 valence electrons. The molecule has 5 heteroatoms. The molecule has 0 amide bonds. The third kappa shape index (κ3) is 3.35. The molecule has 1 fully saturated rings. The Balaban J connectivity index is 1.42. The molecule has 0 radical (unpaired) electrons. The van der Waals surface area contributed by atoms with Gasteiger partial charge in [0.05, 0.1) is 17.1 Å². The molecule has 0 spiro atoms. The first kappa shape index (κ1) is 16.4. The minimum Gasteiger partial charge on any atom is -0.296 e.